The molecule has 1 aromatic rings. The maximum atomic E-state index is 5.79. The quantitative estimate of drug-likeness (QED) is 0.588. The molecule has 0 atom stereocenters. The molecule has 0 unspecified atom stereocenters. The lowest BCUT2D eigenvalue weighted by Crippen LogP contribution is -1.68. The molecule has 0 radical (unpaired) electrons. The van der Waals surface area contributed by atoms with Crippen LogP contribution in [0.2, 0.25) is 4.34 Å². The average Bonchev–Trinajstić information content (AvgIpc) is 2.13. The van der Waals surface area contributed by atoms with Gasteiger partial charge in [-0.3, -0.25) is 0 Å². The molecule has 0 nitrogen and oxygen atoms in total. The first-order valence-corrected chi connectivity index (χ1v) is 3.86. The van der Waals surface area contributed by atoms with Crippen LogP contribution >= 0.6 is 22.9 Å². The van der Waals surface area contributed by atoms with Crippen molar-refractivity contribution in [1.82, 2.24) is 0 Å². The molecule has 9 heavy (non-hydrogen) atoms. The summed E-state index contributed by atoms with van der Waals surface area (Å²) in [6.45, 7) is 5.73. The van der Waals surface area contributed by atoms with Gasteiger partial charge in [0.2, 0.25) is 0 Å². The van der Waals surface area contributed by atoms with Crippen molar-refractivity contribution in [2.75, 3.05) is 0 Å². The molecule has 1 aromatic heterocycles. The van der Waals surface area contributed by atoms with Crippen LogP contribution in [0, 0.1) is 0 Å². The van der Waals surface area contributed by atoms with Gasteiger partial charge in [0, 0.05) is 5.56 Å². The van der Waals surface area contributed by atoms with Crippen LogP contribution in [0.25, 0.3) is 5.57 Å². The Morgan fingerprint density at radius 3 is 2.67 bits per heavy atom. The van der Waals surface area contributed by atoms with Gasteiger partial charge in [-0.25, -0.2) is 0 Å². The summed E-state index contributed by atoms with van der Waals surface area (Å²) < 4.78 is 0.836. The van der Waals surface area contributed by atoms with Crippen LogP contribution in [0.1, 0.15) is 12.5 Å². The monoisotopic (exact) mass is 158 g/mol. The first-order valence-electron chi connectivity index (χ1n) is 2.60. The summed E-state index contributed by atoms with van der Waals surface area (Å²) in [5.41, 5.74) is 2.10. The van der Waals surface area contributed by atoms with Gasteiger partial charge < -0.3 is 0 Å². The predicted molar refractivity (Wildman–Crippen MR) is 44.0 cm³/mol. The Balaban J connectivity index is 3.08. The molecular weight excluding hydrogens is 152 g/mol. The van der Waals surface area contributed by atoms with Gasteiger partial charge in [0.05, 0.1) is 0 Å². The number of hydrogen-bond donors (Lipinski definition) is 0. The van der Waals surface area contributed by atoms with E-state index in [9.17, 15) is 0 Å². The second-order valence-corrected chi connectivity index (χ2v) is 3.41. The van der Waals surface area contributed by atoms with Gasteiger partial charge in [-0.1, -0.05) is 18.2 Å². The summed E-state index contributed by atoms with van der Waals surface area (Å²) in [4.78, 5) is 0. The molecule has 0 saturated carbocycles. The molecule has 1 heterocycles. The second-order valence-electron chi connectivity index (χ2n) is 1.89. The molecule has 0 aliphatic heterocycles. The number of halogens is 1. The lowest BCUT2D eigenvalue weighted by molar-refractivity contribution is 1.68. The minimum Gasteiger partial charge on any atom is -0.131 e. The standard InChI is InChI=1S/C7H7ClS/c1-5(2)6-3-4-9-7(6)8/h3-4H,1H2,2H3. The van der Waals surface area contributed by atoms with E-state index in [1.807, 2.05) is 18.4 Å². The lowest BCUT2D eigenvalue weighted by Gasteiger charge is -1.91. The zero-order chi connectivity index (χ0) is 6.85. The van der Waals surface area contributed by atoms with Crippen molar-refractivity contribution in [3.8, 4) is 0 Å². The summed E-state index contributed by atoms with van der Waals surface area (Å²) in [5, 5.41) is 1.96. The zero-order valence-corrected chi connectivity index (χ0v) is 6.72. The van der Waals surface area contributed by atoms with Gasteiger partial charge in [0.15, 0.2) is 0 Å². The fourth-order valence-corrected chi connectivity index (χ4v) is 1.67. The number of thiophene rings is 1. The first kappa shape index (κ1) is 6.84. The van der Waals surface area contributed by atoms with Gasteiger partial charge in [0.1, 0.15) is 4.34 Å². The third kappa shape index (κ3) is 1.35. The van der Waals surface area contributed by atoms with Crippen LogP contribution in [0.3, 0.4) is 0 Å². The summed E-state index contributed by atoms with van der Waals surface area (Å²) in [6.07, 6.45) is 0. The highest BCUT2D eigenvalue weighted by atomic mass is 35.5. The van der Waals surface area contributed by atoms with Crippen LogP contribution < -0.4 is 0 Å². The van der Waals surface area contributed by atoms with Gasteiger partial charge >= 0.3 is 0 Å². The van der Waals surface area contributed by atoms with Crippen molar-refractivity contribution < 1.29 is 0 Å². The highest BCUT2D eigenvalue weighted by Crippen LogP contribution is 2.27. The third-order valence-electron chi connectivity index (χ3n) is 1.08. The normalized spacial score (nSPS) is 9.56. The molecule has 48 valence electrons. The van der Waals surface area contributed by atoms with Crippen molar-refractivity contribution in [2.24, 2.45) is 0 Å². The van der Waals surface area contributed by atoms with E-state index in [2.05, 4.69) is 6.58 Å². The summed E-state index contributed by atoms with van der Waals surface area (Å²) in [7, 11) is 0. The van der Waals surface area contributed by atoms with Gasteiger partial charge in [-0.05, 0) is 23.9 Å². The molecule has 0 aromatic carbocycles. The highest BCUT2D eigenvalue weighted by Gasteiger charge is 1.99. The van der Waals surface area contributed by atoms with Crippen LogP contribution in [0.15, 0.2) is 18.0 Å². The molecule has 0 bridgehead atoms. The maximum absolute atomic E-state index is 5.79. The van der Waals surface area contributed by atoms with Crippen molar-refractivity contribution in [2.45, 2.75) is 6.92 Å². The Labute approximate surface area is 63.8 Å². The van der Waals surface area contributed by atoms with Gasteiger partial charge in [-0.15, -0.1) is 11.3 Å². The number of allylic oxidation sites excluding steroid dienone is 1. The van der Waals surface area contributed by atoms with E-state index in [0.29, 0.717) is 0 Å². The summed E-state index contributed by atoms with van der Waals surface area (Å²) in [6, 6.07) is 1.98. The Morgan fingerprint density at radius 2 is 2.44 bits per heavy atom. The highest BCUT2D eigenvalue weighted by molar-refractivity contribution is 7.14. The van der Waals surface area contributed by atoms with E-state index in [1.165, 1.54) is 11.3 Å². The minimum atomic E-state index is 0.836. The third-order valence-corrected chi connectivity index (χ3v) is 2.25. The topological polar surface area (TPSA) is 0 Å². The molecular formula is C7H7ClS. The number of rotatable bonds is 1. The van der Waals surface area contributed by atoms with E-state index in [-0.39, 0.29) is 0 Å². The van der Waals surface area contributed by atoms with E-state index >= 15 is 0 Å². The Morgan fingerprint density at radius 1 is 1.78 bits per heavy atom. The number of hydrogen-bond acceptors (Lipinski definition) is 1. The van der Waals surface area contributed by atoms with Crippen molar-refractivity contribution >= 4 is 28.5 Å². The lowest BCUT2D eigenvalue weighted by atomic mass is 10.2. The van der Waals surface area contributed by atoms with E-state index in [0.717, 1.165) is 15.5 Å². The molecule has 0 fully saturated rings. The molecule has 2 heteroatoms. The fraction of sp³-hybridized carbons (Fsp3) is 0.143. The maximum Gasteiger partial charge on any atom is 0.100 e. The molecule has 0 amide bonds. The Kier molecular flexibility index (Phi) is 1.94. The molecule has 0 spiro atoms. The first-order chi connectivity index (χ1) is 4.22. The smallest absolute Gasteiger partial charge is 0.100 e. The Bertz CT molecular complexity index is 225. The molecule has 0 saturated heterocycles. The van der Waals surface area contributed by atoms with Crippen molar-refractivity contribution in [1.29, 1.82) is 0 Å². The van der Waals surface area contributed by atoms with E-state index < -0.39 is 0 Å². The molecule has 1 rings (SSSR count). The predicted octanol–water partition coefficient (Wildman–Crippen LogP) is 3.43. The zero-order valence-electron chi connectivity index (χ0n) is 5.15. The van der Waals surface area contributed by atoms with Crippen molar-refractivity contribution in [3.63, 3.8) is 0 Å². The Hall–Kier alpha value is -0.270. The summed E-state index contributed by atoms with van der Waals surface area (Å²) >= 11 is 7.33. The van der Waals surface area contributed by atoms with Crippen molar-refractivity contribution in [3.05, 3.63) is 27.9 Å². The molecule has 0 N–H and O–H groups in total. The summed E-state index contributed by atoms with van der Waals surface area (Å²) in [5.74, 6) is 0. The minimum absolute atomic E-state index is 0.836. The van der Waals surface area contributed by atoms with Crippen LogP contribution in [-0.4, -0.2) is 0 Å². The molecule has 0 aliphatic rings. The average molecular weight is 159 g/mol. The van der Waals surface area contributed by atoms with Crippen LogP contribution in [-0.2, 0) is 0 Å². The van der Waals surface area contributed by atoms with Crippen LogP contribution in [0.4, 0.5) is 0 Å². The largest absolute Gasteiger partial charge is 0.131 e. The SMILES string of the molecule is C=C(C)c1ccsc1Cl. The second kappa shape index (κ2) is 2.54. The van der Waals surface area contributed by atoms with Gasteiger partial charge in [0.25, 0.3) is 0 Å². The van der Waals surface area contributed by atoms with Crippen LogP contribution in [0.5, 0.6) is 0 Å². The van der Waals surface area contributed by atoms with E-state index in [1.54, 1.807) is 0 Å². The fourth-order valence-electron chi connectivity index (χ4n) is 0.601. The molecule has 0 aliphatic carbocycles. The van der Waals surface area contributed by atoms with E-state index in [4.69, 9.17) is 11.6 Å². The van der Waals surface area contributed by atoms with Gasteiger partial charge in [-0.2, -0.15) is 0 Å².